The van der Waals surface area contributed by atoms with Crippen molar-refractivity contribution in [2.45, 2.75) is 39.3 Å². The lowest BCUT2D eigenvalue weighted by Crippen LogP contribution is -2.53. The van der Waals surface area contributed by atoms with Crippen molar-refractivity contribution in [3.8, 4) is 11.5 Å². The second-order valence-corrected chi connectivity index (χ2v) is 11.7. The number of hydrogen-bond donors (Lipinski definition) is 1. The molecule has 0 aromatic heterocycles. The summed E-state index contributed by atoms with van der Waals surface area (Å²) >= 11 is 0. The van der Waals surface area contributed by atoms with E-state index in [1.165, 1.54) is 11.0 Å². The number of benzene rings is 3. The van der Waals surface area contributed by atoms with Gasteiger partial charge in [0.2, 0.25) is 28.6 Å². The van der Waals surface area contributed by atoms with Crippen molar-refractivity contribution in [1.29, 1.82) is 0 Å². The van der Waals surface area contributed by atoms with Gasteiger partial charge in [-0.1, -0.05) is 67.1 Å². The summed E-state index contributed by atoms with van der Waals surface area (Å²) in [4.78, 5) is 29.1. The molecular formula is C30H35N3O6S. The van der Waals surface area contributed by atoms with Crippen LogP contribution in [-0.2, 0) is 32.6 Å². The van der Waals surface area contributed by atoms with Crippen LogP contribution in [0.3, 0.4) is 0 Å². The van der Waals surface area contributed by atoms with E-state index in [9.17, 15) is 18.0 Å². The van der Waals surface area contributed by atoms with Crippen LogP contribution in [0.15, 0.2) is 72.8 Å². The predicted octanol–water partition coefficient (Wildman–Crippen LogP) is 3.66. The van der Waals surface area contributed by atoms with Crippen molar-refractivity contribution >= 4 is 27.5 Å². The molecule has 0 saturated carbocycles. The Bertz CT molecular complexity index is 1430. The van der Waals surface area contributed by atoms with Gasteiger partial charge in [0.05, 0.1) is 11.9 Å². The van der Waals surface area contributed by atoms with Gasteiger partial charge in [0, 0.05) is 25.6 Å². The minimum atomic E-state index is -3.87. The summed E-state index contributed by atoms with van der Waals surface area (Å²) in [5.41, 5.74) is 3.05. The number of nitrogens with zero attached hydrogens (tertiary/aromatic N) is 2. The number of amides is 2. The van der Waals surface area contributed by atoms with Gasteiger partial charge in [-0.2, -0.15) is 0 Å². The molecule has 1 aliphatic heterocycles. The third-order valence-electron chi connectivity index (χ3n) is 6.62. The highest BCUT2D eigenvalue weighted by atomic mass is 32.2. The number of carbonyl (C=O) groups excluding carboxylic acids is 2. The van der Waals surface area contributed by atoms with E-state index in [0.717, 1.165) is 33.7 Å². The molecule has 0 spiro atoms. The molecule has 3 aromatic rings. The van der Waals surface area contributed by atoms with Crippen LogP contribution in [0, 0.1) is 6.92 Å². The Morgan fingerprint density at radius 2 is 1.65 bits per heavy atom. The number of nitrogens with one attached hydrogen (secondary N) is 1. The minimum Gasteiger partial charge on any atom is -0.454 e. The highest BCUT2D eigenvalue weighted by Gasteiger charge is 2.33. The minimum absolute atomic E-state index is 0.0367. The molecule has 212 valence electrons. The average Bonchev–Trinajstić information content (AvgIpc) is 3.41. The molecule has 1 aliphatic rings. The van der Waals surface area contributed by atoms with E-state index in [1.807, 2.05) is 68.4 Å². The van der Waals surface area contributed by atoms with E-state index in [-0.39, 0.29) is 31.4 Å². The van der Waals surface area contributed by atoms with Crippen LogP contribution >= 0.6 is 0 Å². The molecule has 4 rings (SSSR count). The Morgan fingerprint density at radius 1 is 0.950 bits per heavy atom. The first-order chi connectivity index (χ1) is 19.2. The first kappa shape index (κ1) is 28.9. The highest BCUT2D eigenvalue weighted by Crippen LogP contribution is 2.36. The van der Waals surface area contributed by atoms with Gasteiger partial charge in [-0.05, 0) is 36.6 Å². The molecule has 40 heavy (non-hydrogen) atoms. The maximum absolute atomic E-state index is 14.1. The maximum atomic E-state index is 14.1. The molecule has 0 saturated heterocycles. The maximum Gasteiger partial charge on any atom is 0.244 e. The summed E-state index contributed by atoms with van der Waals surface area (Å²) in [5, 5.41) is 2.93. The zero-order valence-corrected chi connectivity index (χ0v) is 23.8. The molecular weight excluding hydrogens is 530 g/mol. The van der Waals surface area contributed by atoms with Crippen molar-refractivity contribution in [2.75, 3.05) is 30.4 Å². The smallest absolute Gasteiger partial charge is 0.244 e. The number of carbonyl (C=O) groups is 2. The van der Waals surface area contributed by atoms with Crippen LogP contribution in [0.5, 0.6) is 11.5 Å². The van der Waals surface area contributed by atoms with Gasteiger partial charge in [0.15, 0.2) is 11.5 Å². The molecule has 2 amide bonds. The first-order valence-electron chi connectivity index (χ1n) is 13.2. The molecule has 1 N–H and O–H groups in total. The quantitative estimate of drug-likeness (QED) is 0.360. The predicted molar refractivity (Wildman–Crippen MR) is 154 cm³/mol. The van der Waals surface area contributed by atoms with Gasteiger partial charge in [-0.15, -0.1) is 0 Å². The number of ether oxygens (including phenoxy) is 2. The lowest BCUT2D eigenvalue weighted by Gasteiger charge is -2.33. The summed E-state index contributed by atoms with van der Waals surface area (Å²) in [5.74, 6) is 0.104. The molecule has 9 nitrogen and oxygen atoms in total. The number of fused-ring (bicyclic) bond motifs is 1. The monoisotopic (exact) mass is 565 g/mol. The van der Waals surface area contributed by atoms with Crippen LogP contribution in [0.4, 0.5) is 5.69 Å². The Hall–Kier alpha value is -4.05. The van der Waals surface area contributed by atoms with Crippen LogP contribution in [0.1, 0.15) is 30.0 Å². The summed E-state index contributed by atoms with van der Waals surface area (Å²) in [7, 11) is -3.87. The number of anilines is 1. The Balaban J connectivity index is 1.71. The molecule has 1 atom stereocenters. The van der Waals surface area contributed by atoms with Gasteiger partial charge in [-0.25, -0.2) is 8.42 Å². The van der Waals surface area contributed by atoms with E-state index < -0.39 is 28.5 Å². The van der Waals surface area contributed by atoms with Gasteiger partial charge in [0.1, 0.15) is 12.6 Å². The summed E-state index contributed by atoms with van der Waals surface area (Å²) in [6.07, 6.45) is 2.06. The van der Waals surface area contributed by atoms with Crippen molar-refractivity contribution in [3.05, 3.63) is 89.5 Å². The number of sulfonamides is 1. The van der Waals surface area contributed by atoms with E-state index >= 15 is 0 Å². The molecule has 0 unspecified atom stereocenters. The molecule has 0 bridgehead atoms. The topological polar surface area (TPSA) is 105 Å². The van der Waals surface area contributed by atoms with E-state index in [2.05, 4.69) is 5.32 Å². The fraction of sp³-hybridized carbons (Fsp3) is 0.333. The summed E-state index contributed by atoms with van der Waals surface area (Å²) < 4.78 is 37.7. The van der Waals surface area contributed by atoms with Gasteiger partial charge < -0.3 is 19.7 Å². The van der Waals surface area contributed by atoms with Crippen LogP contribution in [-0.4, -0.2) is 57.3 Å². The van der Waals surface area contributed by atoms with Crippen LogP contribution in [0.2, 0.25) is 0 Å². The van der Waals surface area contributed by atoms with Gasteiger partial charge in [-0.3, -0.25) is 13.9 Å². The lowest BCUT2D eigenvalue weighted by atomic mass is 10.0. The Morgan fingerprint density at radius 3 is 2.33 bits per heavy atom. The average molecular weight is 566 g/mol. The van der Waals surface area contributed by atoms with E-state index in [1.54, 1.807) is 12.1 Å². The first-order valence-corrected chi connectivity index (χ1v) is 15.0. The third kappa shape index (κ3) is 7.32. The van der Waals surface area contributed by atoms with Crippen molar-refractivity contribution in [2.24, 2.45) is 0 Å². The zero-order chi connectivity index (χ0) is 28.7. The zero-order valence-electron chi connectivity index (χ0n) is 23.0. The van der Waals surface area contributed by atoms with Crippen LogP contribution < -0.4 is 19.1 Å². The standard InChI is InChI=1S/C30H35N3O6S/c1-4-16-31-30(35)26(17-23-8-6-5-7-9-23)32(19-24-12-10-22(2)11-13-24)29(34)20-33(40(3,36)37)25-14-15-27-28(18-25)39-21-38-27/h5-15,18,26H,4,16-17,19-21H2,1-3H3,(H,31,35)/t26-/m0/s1. The molecule has 0 aliphatic carbocycles. The van der Waals surface area contributed by atoms with Gasteiger partial charge in [0.25, 0.3) is 0 Å². The molecule has 0 radical (unpaired) electrons. The van der Waals surface area contributed by atoms with Crippen LogP contribution in [0.25, 0.3) is 0 Å². The number of hydrogen-bond acceptors (Lipinski definition) is 6. The molecule has 0 fully saturated rings. The summed E-state index contributed by atoms with van der Waals surface area (Å²) in [6, 6.07) is 21.0. The largest absolute Gasteiger partial charge is 0.454 e. The van der Waals surface area contributed by atoms with Crippen molar-refractivity contribution in [3.63, 3.8) is 0 Å². The lowest BCUT2D eigenvalue weighted by molar-refractivity contribution is -0.140. The highest BCUT2D eigenvalue weighted by molar-refractivity contribution is 7.92. The second-order valence-electron chi connectivity index (χ2n) is 9.81. The SMILES string of the molecule is CCCNC(=O)[C@H](Cc1ccccc1)N(Cc1ccc(C)cc1)C(=O)CN(c1ccc2c(c1)OCO2)S(C)(=O)=O. The Labute approximate surface area is 235 Å². The number of aryl methyl sites for hydroxylation is 1. The van der Waals surface area contributed by atoms with Crippen molar-refractivity contribution < 1.29 is 27.5 Å². The fourth-order valence-electron chi connectivity index (χ4n) is 4.46. The third-order valence-corrected chi connectivity index (χ3v) is 7.76. The molecule has 1 heterocycles. The van der Waals surface area contributed by atoms with Gasteiger partial charge >= 0.3 is 0 Å². The fourth-order valence-corrected chi connectivity index (χ4v) is 5.31. The van der Waals surface area contributed by atoms with Crippen molar-refractivity contribution in [1.82, 2.24) is 10.2 Å². The molecule has 10 heteroatoms. The molecule has 3 aromatic carbocycles. The normalized spacial score (nSPS) is 13.0. The van der Waals surface area contributed by atoms with E-state index in [4.69, 9.17) is 9.47 Å². The number of rotatable bonds is 12. The van der Waals surface area contributed by atoms with E-state index in [0.29, 0.717) is 18.0 Å². The second kappa shape index (κ2) is 12.9. The summed E-state index contributed by atoms with van der Waals surface area (Å²) in [6.45, 7) is 4.07. The Kier molecular flexibility index (Phi) is 9.31.